The summed E-state index contributed by atoms with van der Waals surface area (Å²) in [4.78, 5) is 4.10. The molecule has 82 valence electrons. The standard InChI is InChI=1S/C11H10N2O2S/c16-11-12-10(15-13-11)9-8-4-2-1-3-7(8)5-6-14-9/h1-4,9H,5-6H2,(H,13,16). The highest BCUT2D eigenvalue weighted by molar-refractivity contribution is 7.71. The SMILES string of the molecule is S=c1nc(C2OCCc3ccccc32)o[nH]1. The van der Waals surface area contributed by atoms with Crippen molar-refractivity contribution >= 4 is 12.2 Å². The fourth-order valence-corrected chi connectivity index (χ4v) is 2.08. The molecular formula is C11H10N2O2S. The molecule has 0 fully saturated rings. The highest BCUT2D eigenvalue weighted by Crippen LogP contribution is 2.31. The van der Waals surface area contributed by atoms with E-state index in [2.05, 4.69) is 16.2 Å². The van der Waals surface area contributed by atoms with Crippen LogP contribution in [-0.2, 0) is 11.2 Å². The van der Waals surface area contributed by atoms with Crippen LogP contribution in [0.4, 0.5) is 0 Å². The zero-order valence-electron chi connectivity index (χ0n) is 8.47. The largest absolute Gasteiger partial charge is 0.363 e. The maximum atomic E-state index is 5.68. The highest BCUT2D eigenvalue weighted by atomic mass is 32.1. The smallest absolute Gasteiger partial charge is 0.258 e. The zero-order valence-corrected chi connectivity index (χ0v) is 9.29. The van der Waals surface area contributed by atoms with Crippen LogP contribution in [0.3, 0.4) is 0 Å². The predicted octanol–water partition coefficient (Wildman–Crippen LogP) is 2.39. The van der Waals surface area contributed by atoms with Crippen LogP contribution in [-0.4, -0.2) is 16.7 Å². The molecule has 1 atom stereocenters. The molecule has 0 radical (unpaired) electrons. The fraction of sp³-hybridized carbons (Fsp3) is 0.273. The van der Waals surface area contributed by atoms with Gasteiger partial charge in [0.15, 0.2) is 6.10 Å². The number of nitrogens with zero attached hydrogens (tertiary/aromatic N) is 1. The van der Waals surface area contributed by atoms with E-state index in [9.17, 15) is 0 Å². The van der Waals surface area contributed by atoms with E-state index >= 15 is 0 Å². The van der Waals surface area contributed by atoms with Crippen molar-refractivity contribution in [1.82, 2.24) is 10.1 Å². The van der Waals surface area contributed by atoms with Gasteiger partial charge in [0.25, 0.3) is 5.89 Å². The second-order valence-electron chi connectivity index (χ2n) is 3.66. The third kappa shape index (κ3) is 1.58. The van der Waals surface area contributed by atoms with Crippen molar-refractivity contribution in [2.24, 2.45) is 0 Å². The summed E-state index contributed by atoms with van der Waals surface area (Å²) in [5, 5.41) is 2.55. The number of fused-ring (bicyclic) bond motifs is 1. The Morgan fingerprint density at radius 3 is 3.06 bits per heavy atom. The van der Waals surface area contributed by atoms with Crippen LogP contribution in [0.25, 0.3) is 0 Å². The molecule has 1 unspecified atom stereocenters. The fourth-order valence-electron chi connectivity index (χ4n) is 1.95. The first kappa shape index (κ1) is 9.74. The molecule has 4 nitrogen and oxygen atoms in total. The molecule has 16 heavy (non-hydrogen) atoms. The molecule has 0 spiro atoms. The number of H-pyrrole nitrogens is 1. The summed E-state index contributed by atoms with van der Waals surface area (Å²) in [5.74, 6) is 0.497. The Labute approximate surface area is 97.2 Å². The number of hydrogen-bond acceptors (Lipinski definition) is 4. The van der Waals surface area contributed by atoms with Gasteiger partial charge in [0.1, 0.15) is 0 Å². The third-order valence-corrected chi connectivity index (χ3v) is 2.85. The van der Waals surface area contributed by atoms with Gasteiger partial charge in [-0.05, 0) is 29.8 Å². The van der Waals surface area contributed by atoms with Crippen molar-refractivity contribution in [1.29, 1.82) is 0 Å². The third-order valence-electron chi connectivity index (χ3n) is 2.67. The molecule has 1 aromatic carbocycles. The summed E-state index contributed by atoms with van der Waals surface area (Å²) in [6.45, 7) is 0.677. The molecule has 1 N–H and O–H groups in total. The molecule has 1 aromatic heterocycles. The molecule has 2 aromatic rings. The molecular weight excluding hydrogens is 224 g/mol. The van der Waals surface area contributed by atoms with Gasteiger partial charge in [0.05, 0.1) is 6.61 Å². The Hall–Kier alpha value is -1.46. The summed E-state index contributed by atoms with van der Waals surface area (Å²) in [6.07, 6.45) is 0.690. The minimum Gasteiger partial charge on any atom is -0.363 e. The molecule has 1 aliphatic heterocycles. The van der Waals surface area contributed by atoms with Crippen molar-refractivity contribution in [3.63, 3.8) is 0 Å². The Balaban J connectivity index is 2.08. The van der Waals surface area contributed by atoms with E-state index in [-0.39, 0.29) is 6.10 Å². The van der Waals surface area contributed by atoms with Gasteiger partial charge in [0, 0.05) is 0 Å². The van der Waals surface area contributed by atoms with Gasteiger partial charge in [-0.25, -0.2) is 0 Å². The number of hydrogen-bond donors (Lipinski definition) is 1. The van der Waals surface area contributed by atoms with Crippen LogP contribution in [0.1, 0.15) is 23.1 Å². The van der Waals surface area contributed by atoms with E-state index in [1.165, 1.54) is 5.56 Å². The van der Waals surface area contributed by atoms with Gasteiger partial charge in [-0.15, -0.1) is 0 Å². The Morgan fingerprint density at radius 2 is 2.25 bits per heavy atom. The summed E-state index contributed by atoms with van der Waals surface area (Å²) in [5.41, 5.74) is 2.39. The van der Waals surface area contributed by atoms with Gasteiger partial charge in [-0.3, -0.25) is 0 Å². The summed E-state index contributed by atoms with van der Waals surface area (Å²) in [7, 11) is 0. The molecule has 3 rings (SSSR count). The van der Waals surface area contributed by atoms with Crippen molar-refractivity contribution in [2.45, 2.75) is 12.5 Å². The lowest BCUT2D eigenvalue weighted by atomic mass is 9.98. The van der Waals surface area contributed by atoms with Crippen LogP contribution in [0, 0.1) is 4.77 Å². The van der Waals surface area contributed by atoms with Crippen LogP contribution < -0.4 is 0 Å². The van der Waals surface area contributed by atoms with Gasteiger partial charge in [0.2, 0.25) is 4.77 Å². The normalized spacial score (nSPS) is 19.4. The van der Waals surface area contributed by atoms with Crippen LogP contribution in [0.2, 0.25) is 0 Å². The molecule has 0 amide bonds. The van der Waals surface area contributed by atoms with E-state index in [1.54, 1.807) is 0 Å². The number of ether oxygens (including phenoxy) is 1. The molecule has 2 heterocycles. The van der Waals surface area contributed by atoms with E-state index in [1.807, 2.05) is 18.2 Å². The number of aromatic amines is 1. The number of rotatable bonds is 1. The molecule has 0 saturated heterocycles. The van der Waals surface area contributed by atoms with Crippen LogP contribution in [0.15, 0.2) is 28.8 Å². The molecule has 0 aliphatic carbocycles. The lowest BCUT2D eigenvalue weighted by Gasteiger charge is -2.22. The number of aromatic nitrogens is 2. The van der Waals surface area contributed by atoms with Crippen LogP contribution >= 0.6 is 12.2 Å². The van der Waals surface area contributed by atoms with Gasteiger partial charge < -0.3 is 9.26 Å². The van der Waals surface area contributed by atoms with Gasteiger partial charge in [-0.1, -0.05) is 24.3 Å². The minimum atomic E-state index is -0.238. The summed E-state index contributed by atoms with van der Waals surface area (Å²) in [6, 6.07) is 8.15. The average molecular weight is 234 g/mol. The first-order valence-corrected chi connectivity index (χ1v) is 5.50. The maximum Gasteiger partial charge on any atom is 0.258 e. The van der Waals surface area contributed by atoms with Crippen molar-refractivity contribution < 1.29 is 9.26 Å². The molecule has 5 heteroatoms. The molecule has 0 saturated carbocycles. The topological polar surface area (TPSA) is 51.1 Å². The Bertz CT molecular complexity index is 561. The van der Waals surface area contributed by atoms with Crippen molar-refractivity contribution in [3.05, 3.63) is 46.1 Å². The summed E-state index contributed by atoms with van der Waals surface area (Å²) >= 11 is 4.88. The lowest BCUT2D eigenvalue weighted by Crippen LogP contribution is -2.17. The number of benzene rings is 1. The Kier molecular flexibility index (Phi) is 2.34. The molecule has 1 aliphatic rings. The maximum absolute atomic E-state index is 5.68. The monoisotopic (exact) mass is 234 g/mol. The van der Waals surface area contributed by atoms with Gasteiger partial charge >= 0.3 is 0 Å². The minimum absolute atomic E-state index is 0.238. The first-order chi connectivity index (χ1) is 7.84. The van der Waals surface area contributed by atoms with E-state index < -0.39 is 0 Å². The summed E-state index contributed by atoms with van der Waals surface area (Å²) < 4.78 is 11.2. The van der Waals surface area contributed by atoms with Gasteiger partial charge in [-0.2, -0.15) is 10.1 Å². The Morgan fingerprint density at radius 1 is 1.38 bits per heavy atom. The quantitative estimate of drug-likeness (QED) is 0.770. The van der Waals surface area contributed by atoms with Crippen LogP contribution in [0.5, 0.6) is 0 Å². The van der Waals surface area contributed by atoms with E-state index in [0.29, 0.717) is 17.3 Å². The highest BCUT2D eigenvalue weighted by Gasteiger charge is 2.26. The predicted molar refractivity (Wildman–Crippen MR) is 59.6 cm³/mol. The molecule has 0 bridgehead atoms. The van der Waals surface area contributed by atoms with E-state index in [0.717, 1.165) is 12.0 Å². The second-order valence-corrected chi connectivity index (χ2v) is 4.05. The van der Waals surface area contributed by atoms with Crippen molar-refractivity contribution in [2.75, 3.05) is 6.61 Å². The number of nitrogens with one attached hydrogen (secondary N) is 1. The average Bonchev–Trinajstić information content (AvgIpc) is 2.75. The zero-order chi connectivity index (χ0) is 11.0. The first-order valence-electron chi connectivity index (χ1n) is 5.09. The lowest BCUT2D eigenvalue weighted by molar-refractivity contribution is 0.0476. The second kappa shape index (κ2) is 3.84. The van der Waals surface area contributed by atoms with Crippen molar-refractivity contribution in [3.8, 4) is 0 Å². The van der Waals surface area contributed by atoms with E-state index in [4.69, 9.17) is 21.5 Å².